The number of nitriles is 1. The number of nitrogens with two attached hydrogens (primary N) is 1. The maximum absolute atomic E-state index is 12.7. The van der Waals surface area contributed by atoms with Crippen molar-refractivity contribution in [3.63, 3.8) is 0 Å². The van der Waals surface area contributed by atoms with E-state index in [1.54, 1.807) is 12.1 Å². The number of para-hydroxylation sites is 2. The summed E-state index contributed by atoms with van der Waals surface area (Å²) in [6.07, 6.45) is 3.03. The SMILES string of the molecule is CCCCCOc1ccccc1C1C(C#N)=C(N)Oc2cc(OC(=O)c3ccccc3[N+](=O)[O-])ccc21. The first-order valence-corrected chi connectivity index (χ1v) is 11.8. The third-order valence-corrected chi connectivity index (χ3v) is 5.96. The number of rotatable bonds is 9. The lowest BCUT2D eigenvalue weighted by Gasteiger charge is -2.28. The number of nitro benzene ring substituents is 1. The molecule has 0 bridgehead atoms. The van der Waals surface area contributed by atoms with Gasteiger partial charge < -0.3 is 19.9 Å². The number of carbonyl (C=O) groups is 1. The number of esters is 1. The van der Waals surface area contributed by atoms with Gasteiger partial charge in [-0.1, -0.05) is 56.2 Å². The van der Waals surface area contributed by atoms with Gasteiger partial charge in [-0.3, -0.25) is 10.1 Å². The highest BCUT2D eigenvalue weighted by atomic mass is 16.6. The third-order valence-electron chi connectivity index (χ3n) is 5.96. The average molecular weight is 500 g/mol. The largest absolute Gasteiger partial charge is 0.493 e. The van der Waals surface area contributed by atoms with E-state index in [4.69, 9.17) is 19.9 Å². The second-order valence-electron chi connectivity index (χ2n) is 8.38. The lowest BCUT2D eigenvalue weighted by atomic mass is 9.83. The number of allylic oxidation sites excluding steroid dienone is 1. The third kappa shape index (κ3) is 5.38. The van der Waals surface area contributed by atoms with Crippen LogP contribution in [0.2, 0.25) is 0 Å². The normalized spacial score (nSPS) is 14.2. The van der Waals surface area contributed by atoms with Crippen molar-refractivity contribution >= 4 is 11.7 Å². The molecule has 1 unspecified atom stereocenters. The van der Waals surface area contributed by atoms with Crippen LogP contribution in [0.25, 0.3) is 0 Å². The zero-order valence-corrected chi connectivity index (χ0v) is 20.2. The van der Waals surface area contributed by atoms with Crippen LogP contribution in [-0.4, -0.2) is 17.5 Å². The van der Waals surface area contributed by atoms with Crippen molar-refractivity contribution in [2.75, 3.05) is 6.61 Å². The summed E-state index contributed by atoms with van der Waals surface area (Å²) in [5, 5.41) is 21.2. The fraction of sp³-hybridized carbons (Fsp3) is 0.214. The molecule has 0 aromatic heterocycles. The molecule has 1 heterocycles. The Morgan fingerprint density at radius 3 is 2.62 bits per heavy atom. The molecule has 37 heavy (non-hydrogen) atoms. The van der Waals surface area contributed by atoms with E-state index in [1.807, 2.05) is 24.3 Å². The Hall–Kier alpha value is -4.84. The van der Waals surface area contributed by atoms with Crippen molar-refractivity contribution in [3.8, 4) is 23.3 Å². The molecule has 0 aliphatic carbocycles. The summed E-state index contributed by atoms with van der Waals surface area (Å²) in [5.41, 5.74) is 7.23. The van der Waals surface area contributed by atoms with Crippen LogP contribution in [0.5, 0.6) is 17.2 Å². The first-order chi connectivity index (χ1) is 17.9. The molecular formula is C28H25N3O6. The van der Waals surface area contributed by atoms with Crippen molar-refractivity contribution < 1.29 is 23.9 Å². The highest BCUT2D eigenvalue weighted by Gasteiger charge is 2.33. The number of hydrogen-bond donors (Lipinski definition) is 1. The standard InChI is InChI=1S/C28H25N3O6/c1-2-3-8-15-35-24-12-7-5-10-20(24)26-21-14-13-18(16-25(21)37-27(30)22(26)17-29)36-28(32)19-9-4-6-11-23(19)31(33)34/h4-7,9-14,16,26H,2-3,8,15,30H2,1H3. The van der Waals surface area contributed by atoms with Gasteiger partial charge in [0, 0.05) is 23.3 Å². The van der Waals surface area contributed by atoms with E-state index >= 15 is 0 Å². The second kappa shape index (κ2) is 11.3. The molecule has 0 amide bonds. The van der Waals surface area contributed by atoms with Gasteiger partial charge in [0.25, 0.3) is 5.69 Å². The molecule has 0 saturated heterocycles. The monoisotopic (exact) mass is 499 g/mol. The number of nitrogens with zero attached hydrogens (tertiary/aromatic N) is 2. The Morgan fingerprint density at radius 1 is 1.11 bits per heavy atom. The molecule has 1 atom stereocenters. The van der Waals surface area contributed by atoms with Crippen LogP contribution in [0.15, 0.2) is 78.2 Å². The van der Waals surface area contributed by atoms with Crippen molar-refractivity contribution in [3.05, 3.63) is 105 Å². The maximum atomic E-state index is 12.7. The van der Waals surface area contributed by atoms with Gasteiger partial charge in [0.2, 0.25) is 5.88 Å². The molecule has 1 aliphatic heterocycles. The zero-order valence-electron chi connectivity index (χ0n) is 20.2. The maximum Gasteiger partial charge on any atom is 0.350 e. The first kappa shape index (κ1) is 25.3. The lowest BCUT2D eigenvalue weighted by Crippen LogP contribution is -2.21. The van der Waals surface area contributed by atoms with Gasteiger partial charge in [0.15, 0.2) is 0 Å². The van der Waals surface area contributed by atoms with Crippen LogP contribution in [0.3, 0.4) is 0 Å². The van der Waals surface area contributed by atoms with Crippen molar-refractivity contribution in [1.29, 1.82) is 5.26 Å². The summed E-state index contributed by atoms with van der Waals surface area (Å²) < 4.78 is 17.2. The van der Waals surface area contributed by atoms with Gasteiger partial charge in [0.05, 0.1) is 17.4 Å². The highest BCUT2D eigenvalue weighted by Crippen LogP contribution is 2.46. The van der Waals surface area contributed by atoms with E-state index < -0.39 is 16.8 Å². The molecule has 2 N–H and O–H groups in total. The smallest absolute Gasteiger partial charge is 0.350 e. The lowest BCUT2D eigenvalue weighted by molar-refractivity contribution is -0.385. The summed E-state index contributed by atoms with van der Waals surface area (Å²) in [6.45, 7) is 2.66. The van der Waals surface area contributed by atoms with E-state index in [9.17, 15) is 20.2 Å². The number of ether oxygens (including phenoxy) is 3. The Labute approximate surface area is 213 Å². The molecule has 0 radical (unpaired) electrons. The van der Waals surface area contributed by atoms with E-state index in [2.05, 4.69) is 13.0 Å². The summed E-state index contributed by atoms with van der Waals surface area (Å²) in [4.78, 5) is 23.3. The van der Waals surface area contributed by atoms with Crippen LogP contribution in [0.1, 0.15) is 53.6 Å². The van der Waals surface area contributed by atoms with E-state index in [1.165, 1.54) is 30.3 Å². The van der Waals surface area contributed by atoms with Crippen LogP contribution < -0.4 is 19.9 Å². The van der Waals surface area contributed by atoms with Crippen LogP contribution >= 0.6 is 0 Å². The van der Waals surface area contributed by atoms with Gasteiger partial charge in [0.1, 0.15) is 34.5 Å². The number of fused-ring (bicyclic) bond motifs is 1. The molecule has 3 aromatic rings. The van der Waals surface area contributed by atoms with Gasteiger partial charge >= 0.3 is 5.97 Å². The van der Waals surface area contributed by atoms with E-state index in [0.717, 1.165) is 24.8 Å². The predicted molar refractivity (Wildman–Crippen MR) is 135 cm³/mol. The van der Waals surface area contributed by atoms with E-state index in [-0.39, 0.29) is 28.5 Å². The second-order valence-corrected chi connectivity index (χ2v) is 8.38. The quantitative estimate of drug-likeness (QED) is 0.132. The number of nitro groups is 1. The molecule has 4 rings (SSSR count). The van der Waals surface area contributed by atoms with Crippen molar-refractivity contribution in [1.82, 2.24) is 0 Å². The minimum Gasteiger partial charge on any atom is -0.493 e. The predicted octanol–water partition coefficient (Wildman–Crippen LogP) is 5.60. The Morgan fingerprint density at radius 2 is 1.86 bits per heavy atom. The molecule has 0 fully saturated rings. The molecule has 3 aromatic carbocycles. The fourth-order valence-corrected chi connectivity index (χ4v) is 4.17. The molecule has 0 saturated carbocycles. The van der Waals surface area contributed by atoms with Gasteiger partial charge in [-0.25, -0.2) is 4.79 Å². The number of unbranched alkanes of at least 4 members (excludes halogenated alkanes) is 2. The Kier molecular flexibility index (Phi) is 7.69. The van der Waals surface area contributed by atoms with Gasteiger partial charge in [-0.05, 0) is 24.6 Å². The molecule has 188 valence electrons. The number of carbonyl (C=O) groups excluding carboxylic acids is 1. The molecule has 9 heteroatoms. The number of hydrogen-bond acceptors (Lipinski definition) is 8. The molecular weight excluding hydrogens is 474 g/mol. The molecule has 0 spiro atoms. The first-order valence-electron chi connectivity index (χ1n) is 11.8. The number of benzene rings is 3. The fourth-order valence-electron chi connectivity index (χ4n) is 4.17. The minimum atomic E-state index is -0.883. The van der Waals surface area contributed by atoms with Gasteiger partial charge in [-0.15, -0.1) is 0 Å². The minimum absolute atomic E-state index is 0.0667. The van der Waals surface area contributed by atoms with Gasteiger partial charge in [-0.2, -0.15) is 5.26 Å². The Balaban J connectivity index is 1.67. The summed E-state index contributed by atoms with van der Waals surface area (Å²) >= 11 is 0. The van der Waals surface area contributed by atoms with Crippen molar-refractivity contribution in [2.24, 2.45) is 5.73 Å². The van der Waals surface area contributed by atoms with Crippen LogP contribution in [0.4, 0.5) is 5.69 Å². The molecule has 9 nitrogen and oxygen atoms in total. The zero-order chi connectivity index (χ0) is 26.4. The summed E-state index contributed by atoms with van der Waals surface area (Å²) in [5.74, 6) is -0.456. The Bertz CT molecular complexity index is 1410. The van der Waals surface area contributed by atoms with Crippen LogP contribution in [-0.2, 0) is 0 Å². The average Bonchev–Trinajstić information content (AvgIpc) is 2.90. The summed E-state index contributed by atoms with van der Waals surface area (Å²) in [6, 6.07) is 19.8. The molecule has 1 aliphatic rings. The van der Waals surface area contributed by atoms with Crippen LogP contribution in [0, 0.1) is 21.4 Å². The summed E-state index contributed by atoms with van der Waals surface area (Å²) in [7, 11) is 0. The highest BCUT2D eigenvalue weighted by molar-refractivity contribution is 5.95. The van der Waals surface area contributed by atoms with Crippen molar-refractivity contribution in [2.45, 2.75) is 32.1 Å². The van der Waals surface area contributed by atoms with E-state index in [0.29, 0.717) is 23.7 Å². The topological polar surface area (TPSA) is 138 Å².